The molecule has 0 radical (unpaired) electrons. The summed E-state index contributed by atoms with van der Waals surface area (Å²) in [5, 5.41) is 3.07. The van der Waals surface area contributed by atoms with Crippen molar-refractivity contribution in [1.82, 2.24) is 4.98 Å². The van der Waals surface area contributed by atoms with Gasteiger partial charge in [-0.2, -0.15) is 0 Å². The molecular formula is C13H11BrF2N2. The molecule has 5 heteroatoms. The van der Waals surface area contributed by atoms with E-state index in [1.807, 2.05) is 13.0 Å². The third kappa shape index (κ3) is 3.26. The first kappa shape index (κ1) is 13.0. The lowest BCUT2D eigenvalue weighted by atomic mass is 10.2. The molecule has 0 aliphatic carbocycles. The van der Waals surface area contributed by atoms with Gasteiger partial charge in [0.1, 0.15) is 16.2 Å². The Bertz CT molecular complexity index is 553. The highest BCUT2D eigenvalue weighted by Gasteiger charge is 2.02. The predicted molar refractivity (Wildman–Crippen MR) is 70.4 cm³/mol. The minimum Gasteiger partial charge on any atom is -0.380 e. The van der Waals surface area contributed by atoms with Gasteiger partial charge in [0.25, 0.3) is 0 Å². The molecule has 0 aliphatic heterocycles. The van der Waals surface area contributed by atoms with Crippen molar-refractivity contribution in [3.63, 3.8) is 0 Å². The number of aryl methyl sites for hydroxylation is 1. The van der Waals surface area contributed by atoms with Crippen LogP contribution < -0.4 is 5.32 Å². The number of anilines is 1. The van der Waals surface area contributed by atoms with Crippen LogP contribution in [0.1, 0.15) is 11.1 Å². The van der Waals surface area contributed by atoms with E-state index in [0.717, 1.165) is 21.9 Å². The van der Waals surface area contributed by atoms with Crippen LogP contribution in [-0.4, -0.2) is 4.98 Å². The Morgan fingerprint density at radius 2 is 1.83 bits per heavy atom. The van der Waals surface area contributed by atoms with Gasteiger partial charge in [-0.1, -0.05) is 0 Å². The molecule has 1 N–H and O–H groups in total. The molecule has 1 aromatic carbocycles. The highest BCUT2D eigenvalue weighted by Crippen LogP contribution is 2.17. The van der Waals surface area contributed by atoms with Crippen LogP contribution in [0.3, 0.4) is 0 Å². The first-order valence-electron chi connectivity index (χ1n) is 5.35. The van der Waals surface area contributed by atoms with Gasteiger partial charge < -0.3 is 5.32 Å². The summed E-state index contributed by atoms with van der Waals surface area (Å²) in [7, 11) is 0. The smallest absolute Gasteiger partial charge is 0.126 e. The predicted octanol–water partition coefficient (Wildman–Crippen LogP) is 4.04. The van der Waals surface area contributed by atoms with Crippen LogP contribution in [0.25, 0.3) is 0 Å². The fraction of sp³-hybridized carbons (Fsp3) is 0.154. The summed E-state index contributed by atoms with van der Waals surface area (Å²) in [4.78, 5) is 4.13. The summed E-state index contributed by atoms with van der Waals surface area (Å²) in [6.45, 7) is 2.27. The van der Waals surface area contributed by atoms with Crippen molar-refractivity contribution in [3.8, 4) is 0 Å². The van der Waals surface area contributed by atoms with Gasteiger partial charge in [-0.3, -0.25) is 0 Å². The second-order valence-corrected chi connectivity index (χ2v) is 4.71. The summed E-state index contributed by atoms with van der Waals surface area (Å²) in [5.74, 6) is -1.14. The highest BCUT2D eigenvalue weighted by molar-refractivity contribution is 9.10. The Balaban J connectivity index is 2.08. The van der Waals surface area contributed by atoms with E-state index in [9.17, 15) is 8.78 Å². The number of nitrogens with one attached hydrogen (secondary N) is 1. The third-order valence-electron chi connectivity index (χ3n) is 2.43. The molecule has 0 aliphatic rings. The summed E-state index contributed by atoms with van der Waals surface area (Å²) in [6.07, 6.45) is 1.66. The minimum absolute atomic E-state index is 0.345. The van der Waals surface area contributed by atoms with E-state index in [4.69, 9.17) is 0 Å². The molecule has 2 aromatic rings. The number of pyridine rings is 1. The summed E-state index contributed by atoms with van der Waals surface area (Å²) in [6, 6.07) is 5.37. The minimum atomic E-state index is -0.572. The van der Waals surface area contributed by atoms with E-state index < -0.39 is 11.6 Å². The Morgan fingerprint density at radius 3 is 2.44 bits per heavy atom. The fourth-order valence-corrected chi connectivity index (χ4v) is 1.79. The van der Waals surface area contributed by atoms with Gasteiger partial charge in [-0.05, 0) is 52.2 Å². The molecule has 0 bridgehead atoms. The van der Waals surface area contributed by atoms with Crippen LogP contribution >= 0.6 is 15.9 Å². The molecule has 0 atom stereocenters. The third-order valence-corrected chi connectivity index (χ3v) is 3.26. The van der Waals surface area contributed by atoms with Crippen molar-refractivity contribution < 1.29 is 8.78 Å². The van der Waals surface area contributed by atoms with Gasteiger partial charge in [0.15, 0.2) is 0 Å². The zero-order valence-electron chi connectivity index (χ0n) is 9.67. The van der Waals surface area contributed by atoms with E-state index in [1.165, 1.54) is 12.1 Å². The van der Waals surface area contributed by atoms with Crippen molar-refractivity contribution in [1.29, 1.82) is 0 Å². The van der Waals surface area contributed by atoms with Gasteiger partial charge in [0.2, 0.25) is 0 Å². The van der Waals surface area contributed by atoms with Gasteiger partial charge in [-0.25, -0.2) is 13.8 Å². The van der Waals surface area contributed by atoms with Crippen molar-refractivity contribution in [2.75, 3.05) is 5.32 Å². The number of nitrogens with zero attached hydrogens (tertiary/aromatic N) is 1. The molecule has 2 rings (SSSR count). The SMILES string of the molecule is Cc1cc(NCc2cc(F)cc(F)c2)cnc1Br. The van der Waals surface area contributed by atoms with E-state index in [0.29, 0.717) is 12.1 Å². The molecule has 0 unspecified atom stereocenters. The Labute approximate surface area is 112 Å². The van der Waals surface area contributed by atoms with Gasteiger partial charge >= 0.3 is 0 Å². The summed E-state index contributed by atoms with van der Waals surface area (Å²) in [5.41, 5.74) is 2.35. The van der Waals surface area contributed by atoms with Crippen LogP contribution in [0.5, 0.6) is 0 Å². The lowest BCUT2D eigenvalue weighted by Crippen LogP contribution is -2.01. The summed E-state index contributed by atoms with van der Waals surface area (Å²) >= 11 is 3.31. The monoisotopic (exact) mass is 312 g/mol. The van der Waals surface area contributed by atoms with E-state index in [-0.39, 0.29) is 0 Å². The molecule has 0 saturated carbocycles. The maximum absolute atomic E-state index is 13.0. The Morgan fingerprint density at radius 1 is 1.17 bits per heavy atom. The van der Waals surface area contributed by atoms with Crippen LogP contribution in [0, 0.1) is 18.6 Å². The van der Waals surface area contributed by atoms with E-state index in [2.05, 4.69) is 26.2 Å². The van der Waals surface area contributed by atoms with Crippen LogP contribution in [0.15, 0.2) is 35.1 Å². The number of hydrogen-bond acceptors (Lipinski definition) is 2. The maximum atomic E-state index is 13.0. The molecule has 0 fully saturated rings. The van der Waals surface area contributed by atoms with Crippen LogP contribution in [0.4, 0.5) is 14.5 Å². The Hall–Kier alpha value is -1.49. The average Bonchev–Trinajstić information content (AvgIpc) is 2.29. The van der Waals surface area contributed by atoms with Crippen molar-refractivity contribution in [2.24, 2.45) is 0 Å². The zero-order valence-corrected chi connectivity index (χ0v) is 11.3. The number of halogens is 3. The van der Waals surface area contributed by atoms with Gasteiger partial charge in [0.05, 0.1) is 11.9 Å². The number of aromatic nitrogens is 1. The van der Waals surface area contributed by atoms with Crippen LogP contribution in [-0.2, 0) is 6.54 Å². The largest absolute Gasteiger partial charge is 0.380 e. The molecule has 0 saturated heterocycles. The first-order valence-corrected chi connectivity index (χ1v) is 6.15. The van der Waals surface area contributed by atoms with E-state index in [1.54, 1.807) is 6.20 Å². The topological polar surface area (TPSA) is 24.9 Å². The second-order valence-electron chi connectivity index (χ2n) is 3.96. The molecule has 1 heterocycles. The number of hydrogen-bond donors (Lipinski definition) is 1. The molecule has 94 valence electrons. The molecule has 18 heavy (non-hydrogen) atoms. The lowest BCUT2D eigenvalue weighted by molar-refractivity contribution is 0.580. The standard InChI is InChI=1S/C13H11BrF2N2/c1-8-2-12(7-18-13(8)14)17-6-9-3-10(15)5-11(16)4-9/h2-5,7,17H,6H2,1H3. The molecule has 2 nitrogen and oxygen atoms in total. The fourth-order valence-electron chi connectivity index (χ4n) is 1.57. The van der Waals surface area contributed by atoms with E-state index >= 15 is 0 Å². The maximum Gasteiger partial charge on any atom is 0.126 e. The van der Waals surface area contributed by atoms with Crippen molar-refractivity contribution >= 4 is 21.6 Å². The van der Waals surface area contributed by atoms with Gasteiger partial charge in [-0.15, -0.1) is 0 Å². The van der Waals surface area contributed by atoms with Crippen LogP contribution in [0.2, 0.25) is 0 Å². The molecule has 0 amide bonds. The lowest BCUT2D eigenvalue weighted by Gasteiger charge is -2.08. The second kappa shape index (κ2) is 5.44. The van der Waals surface area contributed by atoms with Crippen molar-refractivity contribution in [3.05, 3.63) is 57.8 Å². The average molecular weight is 313 g/mol. The zero-order chi connectivity index (χ0) is 13.1. The molecule has 1 aromatic heterocycles. The highest BCUT2D eigenvalue weighted by atomic mass is 79.9. The summed E-state index contributed by atoms with van der Waals surface area (Å²) < 4.78 is 26.8. The van der Waals surface area contributed by atoms with Gasteiger partial charge in [0, 0.05) is 12.6 Å². The normalized spacial score (nSPS) is 10.4. The van der Waals surface area contributed by atoms with Crippen molar-refractivity contribution in [2.45, 2.75) is 13.5 Å². The number of rotatable bonds is 3. The first-order chi connectivity index (χ1) is 8.54. The molecular weight excluding hydrogens is 302 g/mol. The number of benzene rings is 1. The Kier molecular flexibility index (Phi) is 3.91. The quantitative estimate of drug-likeness (QED) is 0.865. The molecule has 0 spiro atoms.